The van der Waals surface area contributed by atoms with E-state index in [1.54, 1.807) is 9.30 Å². The number of piperidine rings is 2. The second kappa shape index (κ2) is 7.42. The Morgan fingerprint density at radius 1 is 0.897 bits per heavy atom. The van der Waals surface area contributed by atoms with Crippen molar-refractivity contribution in [2.75, 3.05) is 39.4 Å². The van der Waals surface area contributed by atoms with Crippen LogP contribution in [0.3, 0.4) is 0 Å². The van der Waals surface area contributed by atoms with Gasteiger partial charge in [-0.15, -0.1) is 0 Å². The largest absolute Gasteiger partial charge is 0.347 e. The zero-order valence-electron chi connectivity index (χ0n) is 16.5. The fourth-order valence-electron chi connectivity index (χ4n) is 4.57. The van der Waals surface area contributed by atoms with E-state index in [1.807, 2.05) is 29.3 Å². The minimum Gasteiger partial charge on any atom is -0.347 e. The zero-order chi connectivity index (χ0) is 19.8. The molecular weight excluding hydrogens is 372 g/mol. The molecule has 8 heteroatoms. The molecule has 5 rings (SSSR count). The predicted molar refractivity (Wildman–Crippen MR) is 105 cm³/mol. The summed E-state index contributed by atoms with van der Waals surface area (Å²) in [7, 11) is 0. The standard InChI is InChI=1S/C21H26N4O4/c26-19(24-12-7-21(8-13-24)28-14-15-29-21)17-16-6-2-5-11-25(16)18(22-17)20(27)23-9-3-1-4-10-23/h2,5-6,11H,1,3-4,7-10,12-15H2. The monoisotopic (exact) mass is 398 g/mol. The van der Waals surface area contributed by atoms with Gasteiger partial charge in [0, 0.05) is 45.2 Å². The fraction of sp³-hybridized carbons (Fsp3) is 0.571. The molecule has 0 N–H and O–H groups in total. The first kappa shape index (κ1) is 18.6. The summed E-state index contributed by atoms with van der Waals surface area (Å²) in [5.41, 5.74) is 1.02. The van der Waals surface area contributed by atoms with Crippen LogP contribution in [0.25, 0.3) is 5.52 Å². The molecule has 0 atom stereocenters. The van der Waals surface area contributed by atoms with Gasteiger partial charge in [-0.25, -0.2) is 4.98 Å². The fourth-order valence-corrected chi connectivity index (χ4v) is 4.57. The number of hydrogen-bond donors (Lipinski definition) is 0. The Kier molecular flexibility index (Phi) is 4.75. The third-order valence-electron chi connectivity index (χ3n) is 6.21. The van der Waals surface area contributed by atoms with E-state index in [2.05, 4.69) is 4.98 Å². The van der Waals surface area contributed by atoms with Gasteiger partial charge in [0.15, 0.2) is 11.5 Å². The summed E-state index contributed by atoms with van der Waals surface area (Å²) >= 11 is 0. The van der Waals surface area contributed by atoms with Crippen molar-refractivity contribution in [2.45, 2.75) is 37.9 Å². The molecule has 5 heterocycles. The highest BCUT2D eigenvalue weighted by Gasteiger charge is 2.41. The second-order valence-electron chi connectivity index (χ2n) is 7.99. The van der Waals surface area contributed by atoms with Crippen molar-refractivity contribution in [1.82, 2.24) is 19.2 Å². The number of likely N-dealkylation sites (tertiary alicyclic amines) is 2. The minimum absolute atomic E-state index is 0.102. The summed E-state index contributed by atoms with van der Waals surface area (Å²) in [6.45, 7) is 3.83. The van der Waals surface area contributed by atoms with Gasteiger partial charge in [0.05, 0.1) is 18.7 Å². The maximum Gasteiger partial charge on any atom is 0.290 e. The van der Waals surface area contributed by atoms with Crippen molar-refractivity contribution in [3.8, 4) is 0 Å². The number of rotatable bonds is 2. The lowest BCUT2D eigenvalue weighted by Gasteiger charge is -2.37. The van der Waals surface area contributed by atoms with Gasteiger partial charge in [-0.2, -0.15) is 0 Å². The predicted octanol–water partition coefficient (Wildman–Crippen LogP) is 1.94. The number of carbonyl (C=O) groups excluding carboxylic acids is 2. The Labute approximate surface area is 169 Å². The Morgan fingerprint density at radius 2 is 1.59 bits per heavy atom. The lowest BCUT2D eigenvalue weighted by molar-refractivity contribution is -0.181. The molecule has 0 saturated carbocycles. The molecule has 3 aliphatic rings. The summed E-state index contributed by atoms with van der Waals surface area (Å²) in [4.78, 5) is 34.5. The van der Waals surface area contributed by atoms with Gasteiger partial charge < -0.3 is 19.3 Å². The smallest absolute Gasteiger partial charge is 0.290 e. The van der Waals surface area contributed by atoms with E-state index in [-0.39, 0.29) is 11.8 Å². The third-order valence-corrected chi connectivity index (χ3v) is 6.21. The Hall–Kier alpha value is -2.45. The van der Waals surface area contributed by atoms with E-state index >= 15 is 0 Å². The molecule has 1 spiro atoms. The van der Waals surface area contributed by atoms with Crippen LogP contribution in [0.5, 0.6) is 0 Å². The summed E-state index contributed by atoms with van der Waals surface area (Å²) < 4.78 is 13.3. The molecule has 2 aromatic rings. The molecule has 0 bridgehead atoms. The van der Waals surface area contributed by atoms with Crippen LogP contribution in [0, 0.1) is 0 Å². The number of carbonyl (C=O) groups is 2. The lowest BCUT2D eigenvalue weighted by Crippen LogP contribution is -2.47. The Balaban J connectivity index is 1.41. The number of hydrogen-bond acceptors (Lipinski definition) is 5. The molecule has 0 aromatic carbocycles. The summed E-state index contributed by atoms with van der Waals surface area (Å²) in [6.07, 6.45) is 6.30. The summed E-state index contributed by atoms with van der Waals surface area (Å²) in [5.74, 6) is -0.445. The van der Waals surface area contributed by atoms with Crippen LogP contribution in [0.4, 0.5) is 0 Å². The van der Waals surface area contributed by atoms with Gasteiger partial charge in [0.1, 0.15) is 0 Å². The number of ether oxygens (including phenoxy) is 2. The van der Waals surface area contributed by atoms with E-state index in [9.17, 15) is 9.59 Å². The van der Waals surface area contributed by atoms with E-state index in [0.717, 1.165) is 32.4 Å². The summed E-state index contributed by atoms with van der Waals surface area (Å²) in [5, 5.41) is 0. The quantitative estimate of drug-likeness (QED) is 0.773. The maximum atomic E-state index is 13.3. The number of pyridine rings is 1. The molecule has 154 valence electrons. The van der Waals surface area contributed by atoms with Crippen LogP contribution < -0.4 is 0 Å². The number of nitrogens with zero attached hydrogens (tertiary/aromatic N) is 4. The van der Waals surface area contributed by atoms with Crippen LogP contribution in [-0.4, -0.2) is 76.2 Å². The van der Waals surface area contributed by atoms with Gasteiger partial charge >= 0.3 is 0 Å². The molecule has 3 saturated heterocycles. The normalized spacial score (nSPS) is 21.8. The van der Waals surface area contributed by atoms with Gasteiger partial charge in [-0.1, -0.05) is 6.07 Å². The molecule has 0 aliphatic carbocycles. The van der Waals surface area contributed by atoms with Crippen molar-refractivity contribution < 1.29 is 19.1 Å². The van der Waals surface area contributed by atoms with Gasteiger partial charge in [-0.05, 0) is 31.4 Å². The number of aromatic nitrogens is 2. The van der Waals surface area contributed by atoms with E-state index in [0.29, 0.717) is 56.2 Å². The molecular formula is C21H26N4O4. The van der Waals surface area contributed by atoms with E-state index in [4.69, 9.17) is 9.47 Å². The molecule has 2 aromatic heterocycles. The van der Waals surface area contributed by atoms with Crippen LogP contribution in [-0.2, 0) is 9.47 Å². The van der Waals surface area contributed by atoms with Crippen molar-refractivity contribution in [2.24, 2.45) is 0 Å². The molecule has 0 unspecified atom stereocenters. The highest BCUT2D eigenvalue weighted by atomic mass is 16.7. The lowest BCUT2D eigenvalue weighted by atomic mass is 10.0. The Bertz CT molecular complexity index is 918. The number of imidazole rings is 1. The van der Waals surface area contributed by atoms with E-state index in [1.165, 1.54) is 0 Å². The third kappa shape index (κ3) is 3.30. The summed E-state index contributed by atoms with van der Waals surface area (Å²) in [6, 6.07) is 5.57. The molecule has 3 aliphatic heterocycles. The second-order valence-corrected chi connectivity index (χ2v) is 7.99. The molecule has 3 fully saturated rings. The average Bonchev–Trinajstić information content (AvgIpc) is 3.39. The molecule has 29 heavy (non-hydrogen) atoms. The first-order valence-corrected chi connectivity index (χ1v) is 10.5. The molecule has 2 amide bonds. The molecule has 8 nitrogen and oxygen atoms in total. The van der Waals surface area contributed by atoms with Gasteiger partial charge in [0.25, 0.3) is 11.8 Å². The van der Waals surface area contributed by atoms with Crippen LogP contribution in [0.2, 0.25) is 0 Å². The first-order chi connectivity index (χ1) is 14.2. The number of fused-ring (bicyclic) bond motifs is 1. The van der Waals surface area contributed by atoms with Crippen LogP contribution in [0.1, 0.15) is 53.2 Å². The van der Waals surface area contributed by atoms with Gasteiger partial charge in [-0.3, -0.25) is 14.0 Å². The van der Waals surface area contributed by atoms with Gasteiger partial charge in [0.2, 0.25) is 5.82 Å². The first-order valence-electron chi connectivity index (χ1n) is 10.5. The SMILES string of the molecule is O=C(c1nc(C(=O)N2CCCCC2)n2ccccc12)N1CCC2(CC1)OCCO2. The molecule has 0 radical (unpaired) electrons. The Morgan fingerprint density at radius 3 is 2.31 bits per heavy atom. The zero-order valence-corrected chi connectivity index (χ0v) is 16.5. The van der Waals surface area contributed by atoms with Crippen molar-refractivity contribution in [1.29, 1.82) is 0 Å². The minimum atomic E-state index is -0.525. The highest BCUT2D eigenvalue weighted by molar-refractivity contribution is 6.02. The number of amides is 2. The van der Waals surface area contributed by atoms with Crippen LogP contribution in [0.15, 0.2) is 24.4 Å². The van der Waals surface area contributed by atoms with Crippen molar-refractivity contribution >= 4 is 17.3 Å². The topological polar surface area (TPSA) is 76.4 Å². The average molecular weight is 398 g/mol. The maximum absolute atomic E-state index is 13.3. The highest BCUT2D eigenvalue weighted by Crippen LogP contribution is 2.32. The van der Waals surface area contributed by atoms with Crippen LogP contribution >= 0.6 is 0 Å². The van der Waals surface area contributed by atoms with E-state index < -0.39 is 5.79 Å². The van der Waals surface area contributed by atoms with Crippen molar-refractivity contribution in [3.63, 3.8) is 0 Å². The van der Waals surface area contributed by atoms with Crippen molar-refractivity contribution in [3.05, 3.63) is 35.9 Å².